The van der Waals surface area contributed by atoms with Gasteiger partial charge < -0.3 is 10.1 Å². The van der Waals surface area contributed by atoms with E-state index in [2.05, 4.69) is 20.5 Å². The van der Waals surface area contributed by atoms with E-state index in [0.717, 1.165) is 0 Å². The zero-order chi connectivity index (χ0) is 14.5. The first-order chi connectivity index (χ1) is 9.59. The lowest BCUT2D eigenvalue weighted by Gasteiger charge is -1.98. The molecule has 0 saturated carbocycles. The summed E-state index contributed by atoms with van der Waals surface area (Å²) in [5, 5.41) is 14.3. The van der Waals surface area contributed by atoms with Gasteiger partial charge in [-0.1, -0.05) is 4.98 Å². The van der Waals surface area contributed by atoms with Crippen LogP contribution >= 0.6 is 0 Å². The summed E-state index contributed by atoms with van der Waals surface area (Å²) in [5.74, 6) is -0.702. The van der Waals surface area contributed by atoms with Crippen molar-refractivity contribution >= 4 is 18.1 Å². The van der Waals surface area contributed by atoms with Crippen molar-refractivity contribution in [2.24, 2.45) is 12.1 Å². The number of imidazole rings is 1. The number of hydrazone groups is 1. The molecular weight excluding hydrogens is 264 g/mol. The molecule has 2 heterocycles. The standard InChI is InChI=1S/C11H10N6O3/c1-16-9(6-13-11(16)17(19)20)7-14-15-10(18)8-2-4-12-5-3-8/h2-7H,1H3,(H,15,18)/b14-7+. The summed E-state index contributed by atoms with van der Waals surface area (Å²) in [6, 6.07) is 3.08. The number of carbonyl (C=O) groups is 1. The second kappa shape index (κ2) is 5.69. The summed E-state index contributed by atoms with van der Waals surface area (Å²) in [6.45, 7) is 0. The first-order valence-corrected chi connectivity index (χ1v) is 5.49. The fraction of sp³-hybridized carbons (Fsp3) is 0.0909. The minimum atomic E-state index is -0.604. The first-order valence-electron chi connectivity index (χ1n) is 5.49. The lowest BCUT2D eigenvalue weighted by molar-refractivity contribution is -0.396. The van der Waals surface area contributed by atoms with E-state index in [0.29, 0.717) is 11.3 Å². The number of aromatic nitrogens is 3. The average molecular weight is 274 g/mol. The second-order valence-corrected chi connectivity index (χ2v) is 3.73. The van der Waals surface area contributed by atoms with Crippen LogP contribution in [0.2, 0.25) is 0 Å². The van der Waals surface area contributed by atoms with Crippen LogP contribution in [0.5, 0.6) is 0 Å². The third kappa shape index (κ3) is 2.83. The van der Waals surface area contributed by atoms with Crippen molar-refractivity contribution < 1.29 is 9.72 Å². The number of amides is 1. The Kier molecular flexibility index (Phi) is 3.80. The van der Waals surface area contributed by atoms with Crippen molar-refractivity contribution in [3.63, 3.8) is 0 Å². The van der Waals surface area contributed by atoms with Gasteiger partial charge in [-0.2, -0.15) is 5.10 Å². The zero-order valence-electron chi connectivity index (χ0n) is 10.4. The zero-order valence-corrected chi connectivity index (χ0v) is 10.4. The summed E-state index contributed by atoms with van der Waals surface area (Å²) in [7, 11) is 1.48. The van der Waals surface area contributed by atoms with Gasteiger partial charge in [0.05, 0.1) is 13.3 Å². The highest BCUT2D eigenvalue weighted by molar-refractivity contribution is 5.94. The van der Waals surface area contributed by atoms with Crippen LogP contribution in [0, 0.1) is 10.1 Å². The smallest absolute Gasteiger partial charge is 0.390 e. The third-order valence-electron chi connectivity index (χ3n) is 2.47. The van der Waals surface area contributed by atoms with Crippen LogP contribution in [0.25, 0.3) is 0 Å². The lowest BCUT2D eigenvalue weighted by atomic mass is 10.3. The number of nitrogens with zero attached hydrogens (tertiary/aromatic N) is 5. The maximum absolute atomic E-state index is 11.6. The Balaban J connectivity index is 2.04. The van der Waals surface area contributed by atoms with Gasteiger partial charge in [-0.25, -0.2) is 9.99 Å². The van der Waals surface area contributed by atoms with Crippen LogP contribution in [-0.2, 0) is 7.05 Å². The van der Waals surface area contributed by atoms with Gasteiger partial charge in [0.2, 0.25) is 0 Å². The summed E-state index contributed by atoms with van der Waals surface area (Å²) in [4.78, 5) is 29.1. The number of hydrogen-bond donors (Lipinski definition) is 1. The van der Waals surface area contributed by atoms with E-state index in [4.69, 9.17) is 0 Å². The molecule has 0 aliphatic carbocycles. The molecule has 2 rings (SSSR count). The molecule has 20 heavy (non-hydrogen) atoms. The summed E-state index contributed by atoms with van der Waals surface area (Å²) in [5.41, 5.74) is 3.11. The van der Waals surface area contributed by atoms with E-state index < -0.39 is 10.8 Å². The van der Waals surface area contributed by atoms with Gasteiger partial charge >= 0.3 is 5.95 Å². The van der Waals surface area contributed by atoms with Crippen LogP contribution in [0.4, 0.5) is 5.95 Å². The maximum Gasteiger partial charge on any atom is 0.434 e. The van der Waals surface area contributed by atoms with Crippen LogP contribution in [0.3, 0.4) is 0 Å². The predicted molar refractivity (Wildman–Crippen MR) is 69.2 cm³/mol. The van der Waals surface area contributed by atoms with Gasteiger partial charge in [-0.05, 0) is 17.1 Å². The van der Waals surface area contributed by atoms with E-state index in [1.807, 2.05) is 0 Å². The number of carbonyl (C=O) groups excluding carboxylic acids is 1. The molecule has 1 N–H and O–H groups in total. The third-order valence-corrected chi connectivity index (χ3v) is 2.47. The fourth-order valence-corrected chi connectivity index (χ4v) is 1.43. The monoisotopic (exact) mass is 274 g/mol. The minimum absolute atomic E-state index is 0.299. The number of pyridine rings is 1. The second-order valence-electron chi connectivity index (χ2n) is 3.73. The molecule has 102 valence electrons. The molecule has 9 heteroatoms. The van der Waals surface area contributed by atoms with Crippen LogP contribution in [-0.4, -0.2) is 31.6 Å². The maximum atomic E-state index is 11.6. The first kappa shape index (κ1) is 13.3. The number of rotatable bonds is 4. The van der Waals surface area contributed by atoms with Crippen LogP contribution in [0.1, 0.15) is 16.1 Å². The van der Waals surface area contributed by atoms with E-state index in [9.17, 15) is 14.9 Å². The quantitative estimate of drug-likeness (QED) is 0.494. The van der Waals surface area contributed by atoms with Crippen molar-refractivity contribution in [3.8, 4) is 0 Å². The van der Waals surface area contributed by atoms with Gasteiger partial charge in [0.15, 0.2) is 5.69 Å². The molecule has 0 unspecified atom stereocenters. The largest absolute Gasteiger partial charge is 0.434 e. The normalized spacial score (nSPS) is 10.7. The van der Waals surface area contributed by atoms with Gasteiger partial charge in [-0.15, -0.1) is 0 Å². The van der Waals surface area contributed by atoms with E-state index in [1.54, 1.807) is 12.1 Å². The summed E-state index contributed by atoms with van der Waals surface area (Å²) in [6.07, 6.45) is 5.55. The molecule has 0 atom stereocenters. The topological polar surface area (TPSA) is 115 Å². The molecule has 0 bridgehead atoms. The average Bonchev–Trinajstić information content (AvgIpc) is 2.81. The molecule has 0 saturated heterocycles. The molecule has 9 nitrogen and oxygen atoms in total. The van der Waals surface area contributed by atoms with Gasteiger partial charge in [0, 0.05) is 18.0 Å². The Hall–Kier alpha value is -3.10. The van der Waals surface area contributed by atoms with Crippen molar-refractivity contribution in [1.29, 1.82) is 0 Å². The molecule has 1 amide bonds. The molecular formula is C11H10N6O3. The van der Waals surface area contributed by atoms with E-state index in [-0.39, 0.29) is 5.95 Å². The summed E-state index contributed by atoms with van der Waals surface area (Å²) < 4.78 is 1.25. The van der Waals surface area contributed by atoms with E-state index in [1.165, 1.54) is 36.4 Å². The Bertz CT molecular complexity index is 664. The fourth-order valence-electron chi connectivity index (χ4n) is 1.43. The highest BCUT2D eigenvalue weighted by Crippen LogP contribution is 2.08. The minimum Gasteiger partial charge on any atom is -0.390 e. The Labute approximate surface area is 113 Å². The number of nitrogens with one attached hydrogen (secondary N) is 1. The summed E-state index contributed by atoms with van der Waals surface area (Å²) >= 11 is 0. The molecule has 0 fully saturated rings. The molecule has 0 radical (unpaired) electrons. The molecule has 0 aliphatic rings. The van der Waals surface area contributed by atoms with Crippen molar-refractivity contribution in [3.05, 3.63) is 52.1 Å². The van der Waals surface area contributed by atoms with Crippen LogP contribution in [0.15, 0.2) is 35.8 Å². The highest BCUT2D eigenvalue weighted by atomic mass is 16.6. The molecule has 2 aromatic rings. The SMILES string of the molecule is Cn1c(/C=N/NC(=O)c2ccncc2)cnc1[N+](=O)[O-]. The number of hydrogen-bond acceptors (Lipinski definition) is 6. The van der Waals surface area contributed by atoms with E-state index >= 15 is 0 Å². The Morgan fingerprint density at radius 1 is 1.50 bits per heavy atom. The van der Waals surface area contributed by atoms with Crippen molar-refractivity contribution in [1.82, 2.24) is 20.0 Å². The van der Waals surface area contributed by atoms with Gasteiger partial charge in [-0.3, -0.25) is 9.78 Å². The molecule has 0 aromatic carbocycles. The number of nitro groups is 1. The molecule has 0 aliphatic heterocycles. The molecule has 2 aromatic heterocycles. The Morgan fingerprint density at radius 2 is 2.20 bits per heavy atom. The van der Waals surface area contributed by atoms with Crippen molar-refractivity contribution in [2.45, 2.75) is 0 Å². The molecule has 0 spiro atoms. The van der Waals surface area contributed by atoms with Crippen LogP contribution < -0.4 is 5.43 Å². The van der Waals surface area contributed by atoms with Gasteiger partial charge in [0.1, 0.15) is 6.20 Å². The van der Waals surface area contributed by atoms with Gasteiger partial charge in [0.25, 0.3) is 5.91 Å². The predicted octanol–water partition coefficient (Wildman–Crippen LogP) is 0.487. The van der Waals surface area contributed by atoms with Crippen molar-refractivity contribution in [2.75, 3.05) is 0 Å². The Morgan fingerprint density at radius 3 is 2.80 bits per heavy atom. The lowest BCUT2D eigenvalue weighted by Crippen LogP contribution is -2.17. The highest BCUT2D eigenvalue weighted by Gasteiger charge is 2.15.